The van der Waals surface area contributed by atoms with Crippen LogP contribution >= 0.6 is 0 Å². The minimum atomic E-state index is -0.965. The van der Waals surface area contributed by atoms with E-state index in [9.17, 15) is 18.9 Å². The van der Waals surface area contributed by atoms with E-state index in [2.05, 4.69) is 10.6 Å². The van der Waals surface area contributed by atoms with Gasteiger partial charge in [-0.25, -0.2) is 8.78 Å². The maximum Gasteiger partial charge on any atom is 0.275 e. The van der Waals surface area contributed by atoms with Gasteiger partial charge in [0.15, 0.2) is 11.6 Å². The summed E-state index contributed by atoms with van der Waals surface area (Å²) in [6.07, 6.45) is 1.65. The molecule has 22 heavy (non-hydrogen) atoms. The van der Waals surface area contributed by atoms with Crippen molar-refractivity contribution in [1.29, 1.82) is 0 Å². The molecule has 1 heterocycles. The average Bonchev–Trinajstić information content (AvgIpc) is 2.47. The third-order valence-electron chi connectivity index (χ3n) is 3.99. The van der Waals surface area contributed by atoms with Crippen molar-refractivity contribution in [3.63, 3.8) is 0 Å². The van der Waals surface area contributed by atoms with E-state index in [0.717, 1.165) is 38.1 Å². The van der Waals surface area contributed by atoms with Crippen molar-refractivity contribution in [2.24, 2.45) is 5.41 Å². The van der Waals surface area contributed by atoms with Gasteiger partial charge in [0.1, 0.15) is 5.69 Å². The van der Waals surface area contributed by atoms with Crippen LogP contribution in [0.25, 0.3) is 0 Å². The normalized spacial score (nSPS) is 17.2. The molecule has 0 amide bonds. The molecule has 1 aromatic carbocycles. The zero-order chi connectivity index (χ0) is 16.2. The Labute approximate surface area is 127 Å². The number of piperidine rings is 1. The molecule has 1 aliphatic heterocycles. The molecule has 8 heteroatoms. The SMILES string of the molecule is COCC1(CNc2c(F)cc([N+](=O)[O-])cc2F)CCNCC1. The van der Waals surface area contributed by atoms with E-state index in [-0.39, 0.29) is 11.1 Å². The first kappa shape index (κ1) is 16.6. The molecule has 6 nitrogen and oxygen atoms in total. The van der Waals surface area contributed by atoms with Gasteiger partial charge in [0.25, 0.3) is 5.69 Å². The summed E-state index contributed by atoms with van der Waals surface area (Å²) in [5.41, 5.74) is -1.14. The quantitative estimate of drug-likeness (QED) is 0.622. The summed E-state index contributed by atoms with van der Waals surface area (Å²) in [5, 5.41) is 16.6. The van der Waals surface area contributed by atoms with Gasteiger partial charge in [-0.3, -0.25) is 10.1 Å². The second-order valence-corrected chi connectivity index (χ2v) is 5.58. The summed E-state index contributed by atoms with van der Waals surface area (Å²) in [5.74, 6) is -1.93. The van der Waals surface area contributed by atoms with Crippen molar-refractivity contribution in [3.8, 4) is 0 Å². The lowest BCUT2D eigenvalue weighted by Crippen LogP contribution is -2.44. The van der Waals surface area contributed by atoms with Crippen LogP contribution in [0.3, 0.4) is 0 Å². The molecule has 0 spiro atoms. The molecule has 0 radical (unpaired) electrons. The van der Waals surface area contributed by atoms with Gasteiger partial charge in [-0.2, -0.15) is 0 Å². The largest absolute Gasteiger partial charge is 0.384 e. The number of ether oxygens (including phenoxy) is 1. The Hall–Kier alpha value is -1.80. The number of methoxy groups -OCH3 is 1. The molecule has 122 valence electrons. The number of rotatable bonds is 6. The van der Waals surface area contributed by atoms with Crippen molar-refractivity contribution in [3.05, 3.63) is 33.9 Å². The molecule has 2 N–H and O–H groups in total. The zero-order valence-electron chi connectivity index (χ0n) is 12.3. The Morgan fingerprint density at radius 3 is 2.45 bits per heavy atom. The predicted octanol–water partition coefficient (Wildman–Crippen LogP) is 2.30. The smallest absolute Gasteiger partial charge is 0.275 e. The summed E-state index contributed by atoms with van der Waals surface area (Å²) in [6, 6.07) is 1.44. The van der Waals surface area contributed by atoms with E-state index in [1.54, 1.807) is 7.11 Å². The number of anilines is 1. The van der Waals surface area contributed by atoms with Crippen LogP contribution in [0.2, 0.25) is 0 Å². The van der Waals surface area contributed by atoms with Gasteiger partial charge in [0.2, 0.25) is 0 Å². The van der Waals surface area contributed by atoms with E-state index >= 15 is 0 Å². The van der Waals surface area contributed by atoms with Gasteiger partial charge < -0.3 is 15.4 Å². The molecular formula is C14H19F2N3O3. The fourth-order valence-corrected chi connectivity index (χ4v) is 2.75. The predicted molar refractivity (Wildman–Crippen MR) is 77.9 cm³/mol. The molecule has 2 rings (SSSR count). The maximum absolute atomic E-state index is 13.9. The Morgan fingerprint density at radius 1 is 1.36 bits per heavy atom. The van der Waals surface area contributed by atoms with Crippen molar-refractivity contribution in [1.82, 2.24) is 5.32 Å². The Kier molecular flexibility index (Phi) is 5.25. The minimum absolute atomic E-state index is 0.208. The van der Waals surface area contributed by atoms with E-state index < -0.39 is 22.2 Å². The summed E-state index contributed by atoms with van der Waals surface area (Å²) in [7, 11) is 1.59. The fraction of sp³-hybridized carbons (Fsp3) is 0.571. The molecule has 0 bridgehead atoms. The standard InChI is InChI=1S/C14H19F2N3O3/c1-22-9-14(2-4-17-5-3-14)8-18-13-11(15)6-10(19(20)21)7-12(13)16/h6-7,17-18H,2-5,8-9H2,1H3. The molecule has 1 aromatic rings. The lowest BCUT2D eigenvalue weighted by Gasteiger charge is -2.37. The first-order valence-electron chi connectivity index (χ1n) is 7.04. The van der Waals surface area contributed by atoms with Crippen LogP contribution in [0.4, 0.5) is 20.2 Å². The highest BCUT2D eigenvalue weighted by molar-refractivity contribution is 5.51. The first-order valence-corrected chi connectivity index (χ1v) is 7.04. The summed E-state index contributed by atoms with van der Waals surface area (Å²) < 4.78 is 33.0. The summed E-state index contributed by atoms with van der Waals surface area (Å²) in [6.45, 7) is 2.46. The van der Waals surface area contributed by atoms with Crippen molar-refractivity contribution < 1.29 is 18.4 Å². The number of nitro benzene ring substituents is 1. The zero-order valence-corrected chi connectivity index (χ0v) is 12.3. The van der Waals surface area contributed by atoms with E-state index in [4.69, 9.17) is 4.74 Å². The number of benzene rings is 1. The topological polar surface area (TPSA) is 76.4 Å². The monoisotopic (exact) mass is 315 g/mol. The van der Waals surface area contributed by atoms with Crippen molar-refractivity contribution in [2.75, 3.05) is 38.7 Å². The summed E-state index contributed by atoms with van der Waals surface area (Å²) >= 11 is 0. The second-order valence-electron chi connectivity index (χ2n) is 5.58. The van der Waals surface area contributed by atoms with Crippen LogP contribution in [-0.4, -0.2) is 38.3 Å². The van der Waals surface area contributed by atoms with Crippen LogP contribution < -0.4 is 10.6 Å². The Bertz CT molecular complexity index is 520. The molecule has 0 aliphatic carbocycles. The number of nitro groups is 1. The first-order chi connectivity index (χ1) is 10.5. The molecule has 1 saturated heterocycles. The van der Waals surface area contributed by atoms with Gasteiger partial charge in [-0.15, -0.1) is 0 Å². The van der Waals surface area contributed by atoms with Crippen molar-refractivity contribution in [2.45, 2.75) is 12.8 Å². The Morgan fingerprint density at radius 2 is 1.95 bits per heavy atom. The van der Waals surface area contributed by atoms with Crippen LogP contribution in [0.15, 0.2) is 12.1 Å². The van der Waals surface area contributed by atoms with Crippen LogP contribution in [0.5, 0.6) is 0 Å². The number of halogens is 2. The second kappa shape index (κ2) is 6.97. The molecule has 0 aromatic heterocycles. The average molecular weight is 315 g/mol. The molecule has 0 atom stereocenters. The minimum Gasteiger partial charge on any atom is -0.384 e. The highest BCUT2D eigenvalue weighted by Crippen LogP contribution is 2.31. The summed E-state index contributed by atoms with van der Waals surface area (Å²) in [4.78, 5) is 9.76. The van der Waals surface area contributed by atoms with Gasteiger partial charge >= 0.3 is 0 Å². The highest BCUT2D eigenvalue weighted by Gasteiger charge is 2.32. The van der Waals surface area contributed by atoms with E-state index in [1.807, 2.05) is 0 Å². The lowest BCUT2D eigenvalue weighted by molar-refractivity contribution is -0.385. The molecular weight excluding hydrogens is 296 g/mol. The van der Waals surface area contributed by atoms with Gasteiger partial charge in [-0.05, 0) is 25.9 Å². The van der Waals surface area contributed by atoms with Gasteiger partial charge in [0, 0.05) is 19.1 Å². The number of nitrogens with one attached hydrogen (secondary N) is 2. The third-order valence-corrected chi connectivity index (χ3v) is 3.99. The van der Waals surface area contributed by atoms with Crippen LogP contribution in [0, 0.1) is 27.2 Å². The maximum atomic E-state index is 13.9. The molecule has 1 aliphatic rings. The third kappa shape index (κ3) is 3.69. The number of non-ortho nitro benzene ring substituents is 1. The van der Waals surface area contributed by atoms with Gasteiger partial charge in [-0.1, -0.05) is 0 Å². The van der Waals surface area contributed by atoms with Crippen LogP contribution in [0.1, 0.15) is 12.8 Å². The fourth-order valence-electron chi connectivity index (χ4n) is 2.75. The lowest BCUT2D eigenvalue weighted by atomic mass is 9.79. The number of hydrogen-bond donors (Lipinski definition) is 2. The molecule has 0 unspecified atom stereocenters. The van der Waals surface area contributed by atoms with Crippen LogP contribution in [-0.2, 0) is 4.74 Å². The number of hydrogen-bond acceptors (Lipinski definition) is 5. The van der Waals surface area contributed by atoms with Gasteiger partial charge in [0.05, 0.1) is 23.7 Å². The molecule has 1 fully saturated rings. The highest BCUT2D eigenvalue weighted by atomic mass is 19.1. The number of nitrogens with zero attached hydrogens (tertiary/aromatic N) is 1. The van der Waals surface area contributed by atoms with E-state index in [1.165, 1.54) is 0 Å². The van der Waals surface area contributed by atoms with E-state index in [0.29, 0.717) is 13.2 Å². The molecule has 0 saturated carbocycles. The Balaban J connectivity index is 2.14. The van der Waals surface area contributed by atoms with Crippen molar-refractivity contribution >= 4 is 11.4 Å².